The molecule has 0 saturated carbocycles. The largest absolute Gasteiger partial charge is 0.456 e. The van der Waals surface area contributed by atoms with Crippen molar-refractivity contribution in [2.75, 3.05) is 0 Å². The second-order valence-electron chi connectivity index (χ2n) is 13.0. The maximum absolute atomic E-state index is 6.40. The smallest absolute Gasteiger partial charge is 0.161 e. The Morgan fingerprint density at radius 3 is 2.15 bits per heavy atom. The number of nitrogens with zero attached hydrogens (tertiary/aromatic N) is 3. The zero-order chi connectivity index (χ0) is 31.3. The van der Waals surface area contributed by atoms with Crippen molar-refractivity contribution in [1.82, 2.24) is 14.5 Å². The van der Waals surface area contributed by atoms with Crippen molar-refractivity contribution < 1.29 is 4.42 Å². The van der Waals surface area contributed by atoms with E-state index in [1.54, 1.807) is 0 Å². The fourth-order valence-corrected chi connectivity index (χ4v) is 10.8. The number of rotatable bonds is 3. The van der Waals surface area contributed by atoms with E-state index in [4.69, 9.17) is 14.4 Å². The highest BCUT2D eigenvalue weighted by molar-refractivity contribution is 7.03. The van der Waals surface area contributed by atoms with Crippen molar-refractivity contribution in [1.29, 1.82) is 0 Å². The minimum absolute atomic E-state index is 0.752. The van der Waals surface area contributed by atoms with Gasteiger partial charge in [0.25, 0.3) is 0 Å². The number of aromatic nitrogens is 3. The molecule has 0 aliphatic carbocycles. The normalized spacial score (nSPS) is 13.5. The van der Waals surface area contributed by atoms with Gasteiger partial charge in [0.15, 0.2) is 5.82 Å². The Morgan fingerprint density at radius 1 is 0.574 bits per heavy atom. The molecule has 0 amide bonds. The summed E-state index contributed by atoms with van der Waals surface area (Å²) >= 11 is 0. The van der Waals surface area contributed by atoms with Crippen molar-refractivity contribution in [3.05, 3.63) is 140 Å². The Kier molecular flexibility index (Phi) is 5.41. The molecule has 0 fully saturated rings. The third-order valence-electron chi connectivity index (χ3n) is 9.98. The lowest BCUT2D eigenvalue weighted by atomic mass is 10.0. The third-order valence-corrected chi connectivity index (χ3v) is 13.3. The molecule has 5 heteroatoms. The Morgan fingerprint density at radius 2 is 1.28 bits per heavy atom. The molecule has 9 aromatic rings. The first-order valence-corrected chi connectivity index (χ1v) is 19.1. The summed E-state index contributed by atoms with van der Waals surface area (Å²) in [7, 11) is -2.11. The molecule has 222 valence electrons. The summed E-state index contributed by atoms with van der Waals surface area (Å²) in [6.07, 6.45) is 0. The molecule has 4 nitrogen and oxygen atoms in total. The van der Waals surface area contributed by atoms with Gasteiger partial charge < -0.3 is 8.98 Å². The van der Waals surface area contributed by atoms with E-state index in [2.05, 4.69) is 151 Å². The lowest BCUT2D eigenvalue weighted by Crippen LogP contribution is -2.50. The van der Waals surface area contributed by atoms with Gasteiger partial charge in [0.05, 0.1) is 27.8 Å². The topological polar surface area (TPSA) is 43.9 Å². The zero-order valence-corrected chi connectivity index (χ0v) is 27.0. The number of para-hydroxylation sites is 3. The molecule has 3 aromatic heterocycles. The summed E-state index contributed by atoms with van der Waals surface area (Å²) in [6, 6.07) is 49.4. The van der Waals surface area contributed by atoms with Crippen LogP contribution in [0.3, 0.4) is 0 Å². The molecule has 4 heterocycles. The van der Waals surface area contributed by atoms with E-state index < -0.39 is 8.07 Å². The van der Waals surface area contributed by atoms with Crippen LogP contribution in [0.15, 0.2) is 144 Å². The average Bonchev–Trinajstić information content (AvgIpc) is 3.74. The molecule has 1 aliphatic heterocycles. The van der Waals surface area contributed by atoms with Crippen LogP contribution in [-0.4, -0.2) is 22.6 Å². The number of fused-ring (bicyclic) bond motifs is 10. The van der Waals surface area contributed by atoms with Crippen LogP contribution in [0.4, 0.5) is 0 Å². The molecule has 0 spiro atoms. The Balaban J connectivity index is 1.32. The van der Waals surface area contributed by atoms with Crippen molar-refractivity contribution in [2.24, 2.45) is 0 Å². The predicted octanol–water partition coefficient (Wildman–Crippen LogP) is 9.61. The van der Waals surface area contributed by atoms with E-state index in [0.717, 1.165) is 61.3 Å². The lowest BCUT2D eigenvalue weighted by Gasteiger charge is -2.20. The van der Waals surface area contributed by atoms with Gasteiger partial charge in [0.2, 0.25) is 0 Å². The first kappa shape index (κ1) is 26.4. The Bertz CT molecular complexity index is 2720. The fourth-order valence-electron chi connectivity index (χ4n) is 7.84. The van der Waals surface area contributed by atoms with Crippen LogP contribution in [0.2, 0.25) is 13.1 Å². The highest BCUT2D eigenvalue weighted by atomic mass is 28.3. The molecule has 0 saturated heterocycles. The van der Waals surface area contributed by atoms with E-state index in [9.17, 15) is 0 Å². The van der Waals surface area contributed by atoms with Gasteiger partial charge in [-0.3, -0.25) is 0 Å². The van der Waals surface area contributed by atoms with Gasteiger partial charge in [-0.2, -0.15) is 0 Å². The standard InChI is InChI=1S/C42H29N3OSi/c1-47(2)36-23-13-9-19-31(36)38-39(26-14-4-3-5-15-26)43-41(44-42(38)47)29-17-7-11-21-33(29)45-32-20-10-6-16-27(32)28-24-25-35-37(40(28)45)30-18-8-12-22-34(30)46-35/h3-25H,1-2H3. The van der Waals surface area contributed by atoms with Crippen LogP contribution in [0, 0.1) is 0 Å². The van der Waals surface area contributed by atoms with Crippen LogP contribution in [0.5, 0.6) is 0 Å². The predicted molar refractivity (Wildman–Crippen MR) is 197 cm³/mol. The molecule has 0 radical (unpaired) electrons. The Labute approximate surface area is 272 Å². The number of furan rings is 1. The third kappa shape index (κ3) is 3.63. The van der Waals surface area contributed by atoms with Gasteiger partial charge in [-0.05, 0) is 47.1 Å². The van der Waals surface area contributed by atoms with E-state index >= 15 is 0 Å². The molecule has 1 aliphatic rings. The Hall–Kier alpha value is -5.78. The van der Waals surface area contributed by atoms with Gasteiger partial charge in [-0.1, -0.05) is 116 Å². The molecule has 10 rings (SSSR count). The molecular formula is C42H29N3OSi. The molecule has 6 aromatic carbocycles. The summed E-state index contributed by atoms with van der Waals surface area (Å²) < 4.78 is 8.80. The molecule has 0 unspecified atom stereocenters. The summed E-state index contributed by atoms with van der Waals surface area (Å²) in [5.41, 5.74) is 10.7. The summed E-state index contributed by atoms with van der Waals surface area (Å²) in [6.45, 7) is 4.84. The summed E-state index contributed by atoms with van der Waals surface area (Å²) in [5.74, 6) is 0.752. The van der Waals surface area contributed by atoms with Crippen LogP contribution in [0.1, 0.15) is 0 Å². The second-order valence-corrected chi connectivity index (χ2v) is 17.2. The second kappa shape index (κ2) is 9.61. The van der Waals surface area contributed by atoms with E-state index in [-0.39, 0.29) is 0 Å². The molecule has 47 heavy (non-hydrogen) atoms. The maximum atomic E-state index is 6.40. The van der Waals surface area contributed by atoms with Crippen LogP contribution in [0.25, 0.3) is 83.2 Å². The summed E-state index contributed by atoms with van der Waals surface area (Å²) in [5, 5.41) is 7.24. The van der Waals surface area contributed by atoms with Crippen molar-refractivity contribution in [3.8, 4) is 39.5 Å². The SMILES string of the molecule is C[Si]1(C)c2ccccc2-c2c(-c3ccccc3)nc(-c3ccccc3-n3c4ccccc4c4ccc5oc6ccccc6c5c43)nc21. The minimum atomic E-state index is -2.11. The lowest BCUT2D eigenvalue weighted by molar-refractivity contribution is 0.669. The molecule has 0 bridgehead atoms. The number of hydrogen-bond acceptors (Lipinski definition) is 3. The minimum Gasteiger partial charge on any atom is -0.456 e. The highest BCUT2D eigenvalue weighted by Gasteiger charge is 2.41. The highest BCUT2D eigenvalue weighted by Crippen LogP contribution is 2.43. The van der Waals surface area contributed by atoms with E-state index in [1.807, 2.05) is 6.07 Å². The fraction of sp³-hybridized carbons (Fsp3) is 0.0476. The van der Waals surface area contributed by atoms with Gasteiger partial charge in [0, 0.05) is 38.2 Å². The van der Waals surface area contributed by atoms with Crippen molar-refractivity contribution in [3.63, 3.8) is 0 Å². The number of benzene rings is 6. The van der Waals surface area contributed by atoms with Gasteiger partial charge in [0.1, 0.15) is 19.2 Å². The van der Waals surface area contributed by atoms with Gasteiger partial charge in [-0.15, -0.1) is 0 Å². The quantitative estimate of drug-likeness (QED) is 0.185. The van der Waals surface area contributed by atoms with Gasteiger partial charge in [-0.25, -0.2) is 9.97 Å². The molecule has 0 atom stereocenters. The zero-order valence-electron chi connectivity index (χ0n) is 26.0. The first-order valence-electron chi connectivity index (χ1n) is 16.1. The maximum Gasteiger partial charge on any atom is 0.161 e. The molecule has 0 N–H and O–H groups in total. The van der Waals surface area contributed by atoms with Gasteiger partial charge >= 0.3 is 0 Å². The van der Waals surface area contributed by atoms with Crippen LogP contribution >= 0.6 is 0 Å². The van der Waals surface area contributed by atoms with Crippen LogP contribution in [-0.2, 0) is 0 Å². The van der Waals surface area contributed by atoms with Crippen molar-refractivity contribution in [2.45, 2.75) is 13.1 Å². The average molecular weight is 620 g/mol. The van der Waals surface area contributed by atoms with E-state index in [0.29, 0.717) is 0 Å². The van der Waals surface area contributed by atoms with E-state index in [1.165, 1.54) is 32.4 Å². The van der Waals surface area contributed by atoms with Crippen LogP contribution < -0.4 is 10.5 Å². The first-order chi connectivity index (χ1) is 23.1. The number of hydrogen-bond donors (Lipinski definition) is 0. The monoisotopic (exact) mass is 619 g/mol. The van der Waals surface area contributed by atoms with Crippen molar-refractivity contribution >= 4 is 62.3 Å². The summed E-state index contributed by atoms with van der Waals surface area (Å²) in [4.78, 5) is 11.0. The molecular weight excluding hydrogens is 591 g/mol.